The Balaban J connectivity index is 2.30. The topological polar surface area (TPSA) is 17.1 Å². The Morgan fingerprint density at radius 3 is 2.00 bits per heavy atom. The van der Waals surface area contributed by atoms with Crippen LogP contribution in [0, 0.1) is 0 Å². The van der Waals surface area contributed by atoms with E-state index in [0.717, 1.165) is 11.8 Å². The van der Waals surface area contributed by atoms with Gasteiger partial charge in [0.1, 0.15) is 0 Å². The van der Waals surface area contributed by atoms with Crippen LogP contribution in [0.5, 0.6) is 0 Å². The van der Waals surface area contributed by atoms with Crippen molar-refractivity contribution in [2.45, 2.75) is 11.2 Å². The molecule has 0 spiro atoms. The third-order valence-corrected chi connectivity index (χ3v) is 5.30. The van der Waals surface area contributed by atoms with Crippen LogP contribution < -0.4 is 4.46 Å². The van der Waals surface area contributed by atoms with Gasteiger partial charge in [0.2, 0.25) is 0 Å². The first kappa shape index (κ1) is 12.1. The molecule has 2 rings (SSSR count). The molecule has 2 heteroatoms. The van der Waals surface area contributed by atoms with E-state index >= 15 is 0 Å². The number of rotatable bonds is 4. The van der Waals surface area contributed by atoms with Gasteiger partial charge >= 0.3 is 108 Å². The van der Waals surface area contributed by atoms with E-state index in [2.05, 4.69) is 12.1 Å². The summed E-state index contributed by atoms with van der Waals surface area (Å²) in [5, 5.41) is 0. The first-order valence-corrected chi connectivity index (χ1v) is 7.22. The molecule has 1 unspecified atom stereocenters. The van der Waals surface area contributed by atoms with Gasteiger partial charge in [0.15, 0.2) is 0 Å². The molecular weight excluding hydrogens is 275 g/mol. The number of benzene rings is 2. The quantitative estimate of drug-likeness (QED) is 0.622. The van der Waals surface area contributed by atoms with Crippen molar-refractivity contribution in [1.29, 1.82) is 0 Å². The van der Waals surface area contributed by atoms with Crippen molar-refractivity contribution in [1.82, 2.24) is 0 Å². The molecule has 2 aromatic rings. The molecule has 0 saturated carbocycles. The third kappa shape index (κ3) is 2.85. The molecule has 0 N–H and O–H groups in total. The van der Waals surface area contributed by atoms with Crippen LogP contribution in [0.2, 0.25) is 0 Å². The van der Waals surface area contributed by atoms with Gasteiger partial charge in [0.25, 0.3) is 0 Å². The van der Waals surface area contributed by atoms with Crippen molar-refractivity contribution in [2.24, 2.45) is 0 Å². The van der Waals surface area contributed by atoms with Crippen molar-refractivity contribution in [2.75, 3.05) is 0 Å². The van der Waals surface area contributed by atoms with Crippen LogP contribution in [0.4, 0.5) is 0 Å². The molecule has 0 bridgehead atoms. The van der Waals surface area contributed by atoms with Gasteiger partial charge < -0.3 is 0 Å². The predicted molar refractivity (Wildman–Crippen MR) is 71.7 cm³/mol. The fourth-order valence-electron chi connectivity index (χ4n) is 1.65. The summed E-state index contributed by atoms with van der Waals surface area (Å²) in [5.41, 5.74) is 1.10. The summed E-state index contributed by atoms with van der Waals surface area (Å²) in [7, 11) is 0. The molecule has 0 aliphatic heterocycles. The molecule has 0 aromatic heterocycles. The van der Waals surface area contributed by atoms with Gasteiger partial charge in [-0.3, -0.25) is 0 Å². The number of hydrogen-bond acceptors (Lipinski definition) is 1. The summed E-state index contributed by atoms with van der Waals surface area (Å²) in [5.74, 6) is 0. The van der Waals surface area contributed by atoms with E-state index in [0.29, 0.717) is 0 Å². The Bertz CT molecular complexity index is 481. The maximum absolute atomic E-state index is 11.4. The van der Waals surface area contributed by atoms with Crippen LogP contribution in [0.25, 0.3) is 0 Å². The van der Waals surface area contributed by atoms with Gasteiger partial charge in [-0.1, -0.05) is 0 Å². The van der Waals surface area contributed by atoms with Gasteiger partial charge in [-0.25, -0.2) is 0 Å². The molecular formula is C15H14OSe. The summed E-state index contributed by atoms with van der Waals surface area (Å²) in [6.07, 6.45) is 1.08. The van der Waals surface area contributed by atoms with Gasteiger partial charge in [-0.2, -0.15) is 0 Å². The molecule has 17 heavy (non-hydrogen) atoms. The van der Waals surface area contributed by atoms with Crippen LogP contribution in [0.15, 0.2) is 60.7 Å². The van der Waals surface area contributed by atoms with Crippen LogP contribution in [0.3, 0.4) is 0 Å². The fraction of sp³-hybridized carbons (Fsp3) is 0.133. The van der Waals surface area contributed by atoms with Crippen molar-refractivity contribution < 1.29 is 4.79 Å². The summed E-state index contributed by atoms with van der Waals surface area (Å²) in [4.78, 5) is 11.4. The Labute approximate surface area is 108 Å². The zero-order chi connectivity index (χ0) is 12.1. The molecule has 0 amide bonds. The standard InChI is InChI=1S/C15H14OSe/c1-15(12-16,13-8-4-2-5-9-13)17-14-10-6-3-7-11-14/h2-12H,1H3. The van der Waals surface area contributed by atoms with E-state index < -0.39 is 0 Å². The Morgan fingerprint density at radius 2 is 1.47 bits per heavy atom. The second kappa shape index (κ2) is 5.31. The average Bonchev–Trinajstić information content (AvgIpc) is 2.41. The normalized spacial score (nSPS) is 13.9. The molecule has 0 aliphatic carbocycles. The Kier molecular flexibility index (Phi) is 3.78. The van der Waals surface area contributed by atoms with E-state index in [4.69, 9.17) is 0 Å². The number of carbonyl (C=O) groups excluding carboxylic acids is 1. The minimum absolute atomic E-state index is 0.108. The Morgan fingerprint density at radius 1 is 0.941 bits per heavy atom. The molecule has 1 nitrogen and oxygen atoms in total. The zero-order valence-electron chi connectivity index (χ0n) is 9.67. The minimum atomic E-state index is -0.379. The zero-order valence-corrected chi connectivity index (χ0v) is 11.4. The van der Waals surface area contributed by atoms with E-state index in [1.54, 1.807) is 0 Å². The molecule has 0 aliphatic rings. The van der Waals surface area contributed by atoms with Crippen molar-refractivity contribution >= 4 is 25.7 Å². The molecule has 0 heterocycles. The Hall–Kier alpha value is -1.37. The predicted octanol–water partition coefficient (Wildman–Crippen LogP) is 2.13. The first-order chi connectivity index (χ1) is 8.24. The monoisotopic (exact) mass is 290 g/mol. The third-order valence-electron chi connectivity index (χ3n) is 2.64. The van der Waals surface area contributed by atoms with Crippen LogP contribution in [-0.4, -0.2) is 21.2 Å². The van der Waals surface area contributed by atoms with Gasteiger partial charge in [-0.05, 0) is 0 Å². The van der Waals surface area contributed by atoms with E-state index in [1.807, 2.05) is 55.5 Å². The number of hydrogen-bond donors (Lipinski definition) is 0. The molecule has 0 radical (unpaired) electrons. The summed E-state index contributed by atoms with van der Waals surface area (Å²) < 4.78 is 0.869. The van der Waals surface area contributed by atoms with Crippen LogP contribution in [-0.2, 0) is 9.11 Å². The molecule has 0 saturated heterocycles. The first-order valence-electron chi connectivity index (χ1n) is 5.50. The van der Waals surface area contributed by atoms with Gasteiger partial charge in [0, 0.05) is 0 Å². The maximum atomic E-state index is 11.4. The van der Waals surface area contributed by atoms with Gasteiger partial charge in [-0.15, -0.1) is 0 Å². The molecule has 0 fully saturated rings. The van der Waals surface area contributed by atoms with Crippen molar-refractivity contribution in [3.05, 3.63) is 66.2 Å². The number of carbonyl (C=O) groups is 1. The molecule has 1 atom stereocenters. The second-order valence-electron chi connectivity index (χ2n) is 4.01. The molecule has 86 valence electrons. The summed E-state index contributed by atoms with van der Waals surface area (Å²) in [6, 6.07) is 20.2. The SMILES string of the molecule is CC(C=O)([Se]c1ccccc1)c1ccccc1. The van der Waals surface area contributed by atoms with Gasteiger partial charge in [0.05, 0.1) is 0 Å². The van der Waals surface area contributed by atoms with E-state index in [1.165, 1.54) is 4.46 Å². The van der Waals surface area contributed by atoms with E-state index in [9.17, 15) is 4.79 Å². The van der Waals surface area contributed by atoms with Crippen LogP contribution >= 0.6 is 0 Å². The fourth-order valence-corrected chi connectivity index (χ4v) is 3.93. The van der Waals surface area contributed by atoms with Crippen LogP contribution in [0.1, 0.15) is 12.5 Å². The molecule has 2 aromatic carbocycles. The number of aldehydes is 1. The summed E-state index contributed by atoms with van der Waals surface area (Å²) >= 11 is 0.108. The van der Waals surface area contributed by atoms with Crippen molar-refractivity contribution in [3.8, 4) is 0 Å². The summed E-state index contributed by atoms with van der Waals surface area (Å²) in [6.45, 7) is 2.02. The van der Waals surface area contributed by atoms with Crippen molar-refractivity contribution in [3.63, 3.8) is 0 Å². The van der Waals surface area contributed by atoms with E-state index in [-0.39, 0.29) is 19.3 Å². The average molecular weight is 289 g/mol. The second-order valence-corrected chi connectivity index (χ2v) is 7.20.